The largest absolute Gasteiger partial charge is 0.463 e. The average Bonchev–Trinajstić information content (AvgIpc) is 3.80. The third-order valence-corrected chi connectivity index (χ3v) is 6.98. The zero-order valence-corrected chi connectivity index (χ0v) is 32.2. The van der Waals surface area contributed by atoms with E-state index in [2.05, 4.69) is 39.4 Å². The van der Waals surface area contributed by atoms with Crippen molar-refractivity contribution in [2.75, 3.05) is 67.5 Å². The van der Waals surface area contributed by atoms with Crippen LogP contribution in [0.25, 0.3) is 0 Å². The van der Waals surface area contributed by atoms with Crippen molar-refractivity contribution in [2.24, 2.45) is 0 Å². The zero-order chi connectivity index (χ0) is 43.5. The van der Waals surface area contributed by atoms with Gasteiger partial charge in [0.05, 0.1) is 45.5 Å². The van der Waals surface area contributed by atoms with Crippen LogP contribution in [0, 0.1) is 0 Å². The molecule has 3 rings (SSSR count). The first kappa shape index (κ1) is 69.6. The van der Waals surface area contributed by atoms with Gasteiger partial charge in [0.15, 0.2) is 0 Å². The first-order valence-electron chi connectivity index (χ1n) is 17.6. The van der Waals surface area contributed by atoms with E-state index < -0.39 is 65.4 Å². The summed E-state index contributed by atoms with van der Waals surface area (Å²) in [6, 6.07) is 0. The Bertz CT molecular complexity index is 1390. The van der Waals surface area contributed by atoms with Gasteiger partial charge >= 0.3 is 30.0 Å². The van der Waals surface area contributed by atoms with Gasteiger partial charge in [-0.2, -0.15) is 0 Å². The highest BCUT2D eigenvalue weighted by atomic mass is 16.7. The van der Waals surface area contributed by atoms with Crippen molar-refractivity contribution in [1.29, 1.82) is 0 Å². The molecule has 0 aromatic heterocycles. The molecule has 3 heterocycles. The van der Waals surface area contributed by atoms with Crippen LogP contribution < -0.4 is 10.6 Å². The van der Waals surface area contributed by atoms with E-state index >= 15 is 0 Å². The van der Waals surface area contributed by atoms with Crippen molar-refractivity contribution in [1.82, 2.24) is 25.8 Å². The number of hydrogen-bond donors (Lipinski definition) is 2. The Labute approximate surface area is 375 Å². The first-order valence-corrected chi connectivity index (χ1v) is 17.6. The van der Waals surface area contributed by atoms with Crippen LogP contribution in [0.5, 0.6) is 0 Å². The van der Waals surface area contributed by atoms with Gasteiger partial charge in [-0.15, -0.1) is 15.2 Å². The quantitative estimate of drug-likeness (QED) is 0.0943. The number of nitrogens with zero attached hydrogens (tertiary/aromatic N) is 3. The monoisotopic (exact) mass is 929 g/mol. The van der Waals surface area contributed by atoms with Gasteiger partial charge in [0.25, 0.3) is 35.4 Å². The summed E-state index contributed by atoms with van der Waals surface area (Å²) < 4.78 is 23.5. The molecular weight excluding hydrogens is 858 g/mol. The Morgan fingerprint density at radius 1 is 0.406 bits per heavy atom. The fourth-order valence-corrected chi connectivity index (χ4v) is 4.06. The van der Waals surface area contributed by atoms with Crippen LogP contribution in [-0.4, -0.2) is 154 Å². The van der Waals surface area contributed by atoms with Crippen molar-refractivity contribution in [3.8, 4) is 0 Å². The van der Waals surface area contributed by atoms with Crippen LogP contribution in [0.4, 0.5) is 4.79 Å². The number of methoxy groups -OCH3 is 3. The fraction of sp³-hybridized carbons (Fsp3) is 0.692. The predicted molar refractivity (Wildman–Crippen MR) is 224 cm³/mol. The van der Waals surface area contributed by atoms with E-state index in [0.717, 1.165) is 0 Å². The zero-order valence-electron chi connectivity index (χ0n) is 32.2. The minimum atomic E-state index is -0.827. The van der Waals surface area contributed by atoms with Gasteiger partial charge in [-0.05, 0) is 0 Å². The van der Waals surface area contributed by atoms with E-state index in [9.17, 15) is 57.5 Å². The lowest BCUT2D eigenvalue weighted by atomic mass is 10.3. The Morgan fingerprint density at radius 3 is 1.11 bits per heavy atom. The molecule has 3 aliphatic rings. The normalized spacial score (nSPS) is 13.2. The summed E-state index contributed by atoms with van der Waals surface area (Å²) >= 11 is 0. The second-order valence-corrected chi connectivity index (χ2v) is 11.5. The van der Waals surface area contributed by atoms with E-state index in [1.807, 2.05) is 0 Å². The van der Waals surface area contributed by atoms with Crippen molar-refractivity contribution >= 4 is 71.3 Å². The lowest BCUT2D eigenvalue weighted by Crippen LogP contribution is -2.34. The SMILES string of the molecule is C.C.C.C.C.C.COCCNC(=O)CCC(=O)ON1C(=O)CCC1=O.COCCOC(=O)CCC(=O)ON1C(=O)CCC1=O.COCCOC(=O)NCCC(=O)ON1C(=O)CCC1=O. The Morgan fingerprint density at radius 2 is 0.734 bits per heavy atom. The van der Waals surface area contributed by atoms with Crippen molar-refractivity contribution in [2.45, 2.75) is 115 Å². The third kappa shape index (κ3) is 29.3. The van der Waals surface area contributed by atoms with E-state index in [-0.39, 0.29) is 154 Å². The molecule has 25 heteroatoms. The molecule has 0 saturated carbocycles. The third-order valence-electron chi connectivity index (χ3n) is 6.98. The number of imide groups is 3. The summed E-state index contributed by atoms with van der Waals surface area (Å²) in [7, 11) is 4.45. The number of hydrogen-bond acceptors (Lipinski definition) is 20. The second-order valence-electron chi connectivity index (χ2n) is 11.5. The molecule has 64 heavy (non-hydrogen) atoms. The van der Waals surface area contributed by atoms with E-state index in [0.29, 0.717) is 28.3 Å². The average molecular weight is 930 g/mol. The highest BCUT2D eigenvalue weighted by Gasteiger charge is 2.34. The van der Waals surface area contributed by atoms with Crippen LogP contribution in [0.1, 0.15) is 115 Å². The van der Waals surface area contributed by atoms with Crippen molar-refractivity contribution < 1.29 is 95.7 Å². The van der Waals surface area contributed by atoms with Gasteiger partial charge in [-0.3, -0.25) is 38.4 Å². The maximum Gasteiger partial charge on any atom is 0.407 e. The number of esters is 1. The summed E-state index contributed by atoms with van der Waals surface area (Å²) in [5.74, 6) is -6.58. The maximum atomic E-state index is 11.4. The molecule has 25 nitrogen and oxygen atoms in total. The van der Waals surface area contributed by atoms with Gasteiger partial charge in [0, 0.05) is 79.4 Å². The van der Waals surface area contributed by atoms with Crippen LogP contribution in [0.3, 0.4) is 0 Å². The molecule has 0 atom stereocenters. The molecule has 0 aliphatic carbocycles. The van der Waals surface area contributed by atoms with Gasteiger partial charge in [0.2, 0.25) is 5.91 Å². The number of ether oxygens (including phenoxy) is 5. The number of nitrogens with one attached hydrogen (secondary N) is 2. The van der Waals surface area contributed by atoms with Gasteiger partial charge in [0.1, 0.15) is 13.2 Å². The molecule has 2 N–H and O–H groups in total. The maximum absolute atomic E-state index is 11.4. The minimum Gasteiger partial charge on any atom is -0.463 e. The predicted octanol–water partition coefficient (Wildman–Crippen LogP) is 1.87. The molecular formula is C39H71N5O20. The summed E-state index contributed by atoms with van der Waals surface area (Å²) in [6.45, 7) is 1.46. The second kappa shape index (κ2) is 39.7. The van der Waals surface area contributed by atoms with E-state index in [4.69, 9.17) is 9.47 Å². The molecule has 0 radical (unpaired) electrons. The lowest BCUT2D eigenvalue weighted by molar-refractivity contribution is -0.197. The Kier molecular flexibility index (Phi) is 43.2. The first-order chi connectivity index (χ1) is 27.6. The van der Waals surface area contributed by atoms with E-state index in [1.165, 1.54) is 21.3 Å². The van der Waals surface area contributed by atoms with Crippen LogP contribution in [-0.2, 0) is 90.9 Å². The minimum absolute atomic E-state index is 0. The molecule has 0 unspecified atom stereocenters. The molecule has 3 fully saturated rings. The summed E-state index contributed by atoms with van der Waals surface area (Å²) in [5.41, 5.74) is 0. The van der Waals surface area contributed by atoms with Gasteiger partial charge in [-0.1, -0.05) is 44.6 Å². The highest BCUT2D eigenvalue weighted by Crippen LogP contribution is 2.15. The summed E-state index contributed by atoms with van der Waals surface area (Å²) in [5, 5.41) is 6.21. The topological polar surface area (TPSA) is 312 Å². The molecule has 372 valence electrons. The molecule has 3 saturated heterocycles. The van der Waals surface area contributed by atoms with Gasteiger partial charge in [-0.25, -0.2) is 19.2 Å². The smallest absolute Gasteiger partial charge is 0.407 e. The van der Waals surface area contributed by atoms with Crippen LogP contribution >= 0.6 is 0 Å². The number of carbonyl (C=O) groups is 12. The molecule has 0 bridgehead atoms. The molecule has 3 aliphatic heterocycles. The van der Waals surface area contributed by atoms with E-state index in [1.54, 1.807) is 0 Å². The van der Waals surface area contributed by atoms with Crippen molar-refractivity contribution in [3.63, 3.8) is 0 Å². The number of alkyl carbamates (subject to hydrolysis) is 1. The number of rotatable bonds is 21. The van der Waals surface area contributed by atoms with Crippen LogP contribution in [0.2, 0.25) is 0 Å². The molecule has 0 aromatic rings. The Balaban J connectivity index is -0.000000188. The standard InChI is InChI=1S/C11H16N2O7.C11H16N2O6.C11H15NO7.6CH4/c1-18-6-7-19-11(17)12-5-4-10(16)20-13-8(14)2-3-9(13)15;1-18-7-6-12-8(14)2-5-11(17)19-13-9(15)3-4-10(13)16;1-17-6-7-18-10(15)4-5-11(16)19-12-8(13)2-3-9(12)14;;;;;;/h2-7H2,1H3,(H,12,17);2-7H2,1H3,(H,12,14);2-7H2,1H3;6*1H4. The molecule has 0 spiro atoms. The Hall–Kier alpha value is -6.08. The number of carbonyl (C=O) groups excluding carboxylic acids is 12. The fourth-order valence-electron chi connectivity index (χ4n) is 4.06. The van der Waals surface area contributed by atoms with Crippen molar-refractivity contribution in [3.05, 3.63) is 0 Å². The highest BCUT2D eigenvalue weighted by molar-refractivity contribution is 6.03. The summed E-state index contributed by atoms with van der Waals surface area (Å²) in [4.78, 5) is 148. The lowest BCUT2D eigenvalue weighted by Gasteiger charge is -2.12. The number of amides is 8. The number of hydroxylamine groups is 6. The molecule has 0 aromatic carbocycles. The summed E-state index contributed by atoms with van der Waals surface area (Å²) in [6.07, 6.45) is -1.36. The van der Waals surface area contributed by atoms with Crippen LogP contribution in [0.15, 0.2) is 0 Å². The van der Waals surface area contributed by atoms with Gasteiger partial charge < -0.3 is 48.8 Å². The molecule has 8 amide bonds.